The second kappa shape index (κ2) is 7.28. The summed E-state index contributed by atoms with van der Waals surface area (Å²) in [7, 11) is 0. The fourth-order valence-electron chi connectivity index (χ4n) is 1.33. The van der Waals surface area contributed by atoms with Crippen LogP contribution in [0.3, 0.4) is 0 Å². The lowest BCUT2D eigenvalue weighted by Gasteiger charge is -2.10. The lowest BCUT2D eigenvalue weighted by atomic mass is 10.3. The van der Waals surface area contributed by atoms with Crippen molar-refractivity contribution in [1.82, 2.24) is 10.3 Å². The fraction of sp³-hybridized carbons (Fsp3) is 0.444. The van der Waals surface area contributed by atoms with Gasteiger partial charge in [-0.1, -0.05) is 0 Å². The Morgan fingerprint density at radius 3 is 2.73 bits per heavy atom. The molecule has 1 atom stereocenters. The molecule has 1 aromatic heterocycles. The molecule has 1 fully saturated rings. The van der Waals surface area contributed by atoms with Gasteiger partial charge < -0.3 is 10.1 Å². The number of ether oxygens (including phenoxy) is 1. The summed E-state index contributed by atoms with van der Waals surface area (Å²) in [5.41, 5.74) is 0. The molecule has 1 N–H and O–H groups in total. The van der Waals surface area contributed by atoms with Crippen molar-refractivity contribution in [3.63, 3.8) is 0 Å². The Hall–Kier alpha value is -0.0300. The summed E-state index contributed by atoms with van der Waals surface area (Å²) in [5.74, 6) is 0.705. The first-order valence-electron chi connectivity index (χ1n) is 4.33. The first kappa shape index (κ1) is 15.0. The van der Waals surface area contributed by atoms with Crippen LogP contribution in [0.4, 0.5) is 0 Å². The van der Waals surface area contributed by atoms with Gasteiger partial charge in [0, 0.05) is 23.3 Å². The van der Waals surface area contributed by atoms with Crippen LogP contribution in [-0.2, 0) is 0 Å². The Bertz CT molecular complexity index is 278. The molecular weight excluding hydrogens is 303 g/mol. The van der Waals surface area contributed by atoms with E-state index in [0.29, 0.717) is 5.88 Å². The number of nitrogens with one attached hydrogen (secondary N) is 1. The Morgan fingerprint density at radius 2 is 2.20 bits per heavy atom. The largest absolute Gasteiger partial charge is 0.473 e. The zero-order valence-electron chi connectivity index (χ0n) is 7.98. The molecule has 1 aromatic rings. The van der Waals surface area contributed by atoms with Gasteiger partial charge in [-0.15, -0.1) is 24.8 Å². The van der Waals surface area contributed by atoms with Crippen LogP contribution in [0.15, 0.2) is 22.8 Å². The van der Waals surface area contributed by atoms with Gasteiger partial charge in [0.05, 0.1) is 0 Å². The summed E-state index contributed by atoms with van der Waals surface area (Å²) in [6, 6.07) is 3.81. The molecule has 0 amide bonds. The van der Waals surface area contributed by atoms with Crippen LogP contribution >= 0.6 is 40.7 Å². The van der Waals surface area contributed by atoms with Gasteiger partial charge in [-0.25, -0.2) is 4.98 Å². The van der Waals surface area contributed by atoms with Crippen LogP contribution in [0.2, 0.25) is 0 Å². The number of hydrogen-bond donors (Lipinski definition) is 1. The van der Waals surface area contributed by atoms with E-state index >= 15 is 0 Å². The van der Waals surface area contributed by atoms with Crippen LogP contribution in [-0.4, -0.2) is 24.2 Å². The average Bonchev–Trinajstić information content (AvgIpc) is 2.62. The van der Waals surface area contributed by atoms with E-state index in [1.54, 1.807) is 6.20 Å². The highest BCUT2D eigenvalue weighted by Gasteiger charge is 2.15. The van der Waals surface area contributed by atoms with Crippen LogP contribution in [0.5, 0.6) is 5.88 Å². The lowest BCUT2D eigenvalue weighted by molar-refractivity contribution is 0.214. The molecule has 6 heteroatoms. The van der Waals surface area contributed by atoms with E-state index in [9.17, 15) is 0 Å². The summed E-state index contributed by atoms with van der Waals surface area (Å²) in [5, 5.41) is 3.24. The minimum Gasteiger partial charge on any atom is -0.473 e. The van der Waals surface area contributed by atoms with Crippen LogP contribution in [0.1, 0.15) is 6.42 Å². The maximum Gasteiger partial charge on any atom is 0.213 e. The molecule has 2 heterocycles. The van der Waals surface area contributed by atoms with Gasteiger partial charge in [0.25, 0.3) is 0 Å². The molecule has 0 saturated carbocycles. The molecule has 0 aliphatic carbocycles. The summed E-state index contributed by atoms with van der Waals surface area (Å²) in [4.78, 5) is 4.14. The number of nitrogens with zero attached hydrogens (tertiary/aromatic N) is 1. The highest BCUT2D eigenvalue weighted by Crippen LogP contribution is 2.15. The summed E-state index contributed by atoms with van der Waals surface area (Å²) in [6.07, 6.45) is 3.10. The van der Waals surface area contributed by atoms with E-state index in [-0.39, 0.29) is 30.9 Å². The van der Waals surface area contributed by atoms with Gasteiger partial charge in [0.1, 0.15) is 6.10 Å². The molecule has 1 aliphatic rings. The molecule has 1 unspecified atom stereocenters. The minimum absolute atomic E-state index is 0. The monoisotopic (exact) mass is 314 g/mol. The SMILES string of the molecule is Brc1ccc(OC2CCNC2)nc1.Cl.Cl. The van der Waals surface area contributed by atoms with E-state index in [1.807, 2.05) is 12.1 Å². The van der Waals surface area contributed by atoms with Crippen molar-refractivity contribution in [2.75, 3.05) is 13.1 Å². The smallest absolute Gasteiger partial charge is 0.213 e. The van der Waals surface area contributed by atoms with E-state index < -0.39 is 0 Å². The molecule has 1 saturated heterocycles. The van der Waals surface area contributed by atoms with E-state index in [4.69, 9.17) is 4.74 Å². The highest BCUT2D eigenvalue weighted by molar-refractivity contribution is 9.10. The molecule has 0 bridgehead atoms. The van der Waals surface area contributed by atoms with Crippen molar-refractivity contribution in [3.05, 3.63) is 22.8 Å². The Morgan fingerprint density at radius 1 is 1.40 bits per heavy atom. The summed E-state index contributed by atoms with van der Waals surface area (Å²) < 4.78 is 6.61. The number of halogens is 3. The van der Waals surface area contributed by atoms with E-state index in [1.165, 1.54) is 0 Å². The lowest BCUT2D eigenvalue weighted by Crippen LogP contribution is -2.19. The maximum atomic E-state index is 5.64. The highest BCUT2D eigenvalue weighted by atomic mass is 79.9. The molecule has 0 aromatic carbocycles. The Balaban J connectivity index is 0.000000980. The average molecular weight is 316 g/mol. The first-order chi connectivity index (χ1) is 6.34. The standard InChI is InChI=1S/C9H11BrN2O.2ClH/c10-7-1-2-9(12-5-7)13-8-3-4-11-6-8;;/h1-2,5,8,11H,3-4,6H2;2*1H. The van der Waals surface area contributed by atoms with Crippen molar-refractivity contribution in [1.29, 1.82) is 0 Å². The van der Waals surface area contributed by atoms with Gasteiger partial charge in [0.15, 0.2) is 0 Å². The zero-order valence-corrected chi connectivity index (χ0v) is 11.2. The maximum absolute atomic E-state index is 5.64. The number of rotatable bonds is 2. The second-order valence-electron chi connectivity index (χ2n) is 3.05. The predicted octanol–water partition coefficient (Wildman–Crippen LogP) is 2.43. The fourth-order valence-corrected chi connectivity index (χ4v) is 1.57. The van der Waals surface area contributed by atoms with Crippen molar-refractivity contribution in [2.24, 2.45) is 0 Å². The van der Waals surface area contributed by atoms with Gasteiger partial charge in [-0.05, 0) is 35.0 Å². The molecule has 2 rings (SSSR count). The summed E-state index contributed by atoms with van der Waals surface area (Å²) in [6.45, 7) is 1.97. The molecule has 0 spiro atoms. The summed E-state index contributed by atoms with van der Waals surface area (Å²) >= 11 is 3.33. The first-order valence-corrected chi connectivity index (χ1v) is 5.13. The number of aromatic nitrogens is 1. The second-order valence-corrected chi connectivity index (χ2v) is 3.96. The normalized spacial score (nSPS) is 18.9. The molecule has 86 valence electrons. The van der Waals surface area contributed by atoms with Crippen molar-refractivity contribution < 1.29 is 4.74 Å². The molecule has 3 nitrogen and oxygen atoms in total. The van der Waals surface area contributed by atoms with Crippen LogP contribution in [0.25, 0.3) is 0 Å². The van der Waals surface area contributed by atoms with Gasteiger partial charge in [-0.2, -0.15) is 0 Å². The van der Waals surface area contributed by atoms with Crippen molar-refractivity contribution in [2.45, 2.75) is 12.5 Å². The third-order valence-corrected chi connectivity index (χ3v) is 2.47. The third-order valence-electron chi connectivity index (χ3n) is 2.00. The zero-order chi connectivity index (χ0) is 9.10. The van der Waals surface area contributed by atoms with E-state index in [0.717, 1.165) is 24.0 Å². The quantitative estimate of drug-likeness (QED) is 0.910. The molecule has 0 radical (unpaired) electrons. The third kappa shape index (κ3) is 4.55. The molecule has 15 heavy (non-hydrogen) atoms. The number of pyridine rings is 1. The predicted molar refractivity (Wildman–Crippen MR) is 68.3 cm³/mol. The minimum atomic E-state index is 0. The Kier molecular flexibility index (Phi) is 7.26. The number of hydrogen-bond acceptors (Lipinski definition) is 3. The topological polar surface area (TPSA) is 34.1 Å². The van der Waals surface area contributed by atoms with Crippen molar-refractivity contribution in [3.8, 4) is 5.88 Å². The Labute approximate surface area is 110 Å². The van der Waals surface area contributed by atoms with Crippen LogP contribution in [0, 0.1) is 0 Å². The van der Waals surface area contributed by atoms with Gasteiger partial charge in [-0.3, -0.25) is 0 Å². The molecule has 1 aliphatic heterocycles. The van der Waals surface area contributed by atoms with Crippen molar-refractivity contribution >= 4 is 40.7 Å². The van der Waals surface area contributed by atoms with E-state index in [2.05, 4.69) is 26.2 Å². The molecular formula is C9H13BrCl2N2O. The van der Waals surface area contributed by atoms with Gasteiger partial charge >= 0.3 is 0 Å². The van der Waals surface area contributed by atoms with Gasteiger partial charge in [0.2, 0.25) is 5.88 Å². The van der Waals surface area contributed by atoms with Crippen LogP contribution < -0.4 is 10.1 Å².